The third-order valence-electron chi connectivity index (χ3n) is 4.17. The maximum atomic E-state index is 12.6. The number of carbonyl (C=O) groups is 6. The fraction of sp³-hybridized carbons (Fsp3) is 0.667. The van der Waals surface area contributed by atoms with E-state index in [1.165, 1.54) is 6.92 Å². The van der Waals surface area contributed by atoms with Gasteiger partial charge in [0.15, 0.2) is 0 Å². The first kappa shape index (κ1) is 28.7. The summed E-state index contributed by atoms with van der Waals surface area (Å²) in [6.45, 7) is 4.60. The lowest BCUT2D eigenvalue weighted by Crippen LogP contribution is -2.58. The number of carbonyl (C=O) groups excluding carboxylic acids is 3. The predicted molar refractivity (Wildman–Crippen MR) is 107 cm³/mol. The van der Waals surface area contributed by atoms with Crippen molar-refractivity contribution >= 4 is 35.6 Å². The molecule has 0 bridgehead atoms. The van der Waals surface area contributed by atoms with Gasteiger partial charge >= 0.3 is 17.9 Å². The molecule has 9 N–H and O–H groups in total. The smallest absolute Gasteiger partial charge is 0.326 e. The van der Waals surface area contributed by atoms with Crippen LogP contribution in [-0.4, -0.2) is 86.3 Å². The Hall–Kier alpha value is -3.26. The van der Waals surface area contributed by atoms with E-state index < -0.39 is 78.7 Å². The fourth-order valence-corrected chi connectivity index (χ4v) is 2.49. The Kier molecular flexibility index (Phi) is 11.9. The van der Waals surface area contributed by atoms with Crippen LogP contribution in [0.2, 0.25) is 0 Å². The van der Waals surface area contributed by atoms with E-state index in [2.05, 4.69) is 10.6 Å². The number of carboxylic acids is 3. The van der Waals surface area contributed by atoms with Crippen LogP contribution >= 0.6 is 0 Å². The number of aliphatic hydroxyl groups excluding tert-OH is 1. The highest BCUT2D eigenvalue weighted by Crippen LogP contribution is 2.08. The minimum atomic E-state index is -1.76. The number of hydrogen-bond acceptors (Lipinski definition) is 8. The normalized spacial score (nSPS) is 15.6. The van der Waals surface area contributed by atoms with E-state index in [0.29, 0.717) is 0 Å². The molecule has 0 radical (unpaired) electrons. The maximum Gasteiger partial charge on any atom is 0.326 e. The second-order valence-electron chi connectivity index (χ2n) is 7.61. The van der Waals surface area contributed by atoms with Crippen molar-refractivity contribution in [2.45, 2.75) is 70.3 Å². The summed E-state index contributed by atoms with van der Waals surface area (Å²) in [6.07, 6.45) is -3.06. The summed E-state index contributed by atoms with van der Waals surface area (Å²) in [7, 11) is 0. The van der Waals surface area contributed by atoms with Gasteiger partial charge in [-0.25, -0.2) is 4.79 Å². The maximum absolute atomic E-state index is 12.6. The summed E-state index contributed by atoms with van der Waals surface area (Å²) in [5, 5.41) is 42.7. The Morgan fingerprint density at radius 1 is 0.719 bits per heavy atom. The first-order chi connectivity index (χ1) is 14.6. The molecule has 0 aromatic heterocycles. The van der Waals surface area contributed by atoms with Gasteiger partial charge in [0, 0.05) is 0 Å². The monoisotopic (exact) mass is 462 g/mol. The fourth-order valence-electron chi connectivity index (χ4n) is 2.49. The first-order valence-corrected chi connectivity index (χ1v) is 9.66. The van der Waals surface area contributed by atoms with Gasteiger partial charge in [0.2, 0.25) is 17.7 Å². The summed E-state index contributed by atoms with van der Waals surface area (Å²) in [5.41, 5.74) is 5.47. The van der Waals surface area contributed by atoms with Crippen LogP contribution in [0.15, 0.2) is 0 Å². The largest absolute Gasteiger partial charge is 0.481 e. The van der Waals surface area contributed by atoms with Gasteiger partial charge in [-0.3, -0.25) is 24.0 Å². The van der Waals surface area contributed by atoms with Crippen LogP contribution in [0.3, 0.4) is 0 Å². The van der Waals surface area contributed by atoms with Crippen molar-refractivity contribution in [2.24, 2.45) is 11.7 Å². The van der Waals surface area contributed by atoms with Crippen molar-refractivity contribution in [1.29, 1.82) is 0 Å². The van der Waals surface area contributed by atoms with Crippen LogP contribution in [0.4, 0.5) is 0 Å². The molecule has 0 fully saturated rings. The summed E-state index contributed by atoms with van der Waals surface area (Å²) in [4.78, 5) is 70.3. The van der Waals surface area contributed by atoms with Crippen molar-refractivity contribution < 1.29 is 49.2 Å². The standard InChI is InChI=1S/C18H30N4O10/c1-7(2)4-9(15(28)22-11(18(31)32)6-13(26)27)20-16(29)10(5-12(24)25)21-17(30)14(19)8(3)23/h7-11,14,23H,4-6,19H2,1-3H3,(H,20,29)(H,21,30)(H,22,28)(H,24,25)(H,26,27)(H,31,32). The second-order valence-corrected chi connectivity index (χ2v) is 7.61. The lowest BCUT2D eigenvalue weighted by molar-refractivity contribution is -0.147. The van der Waals surface area contributed by atoms with E-state index in [1.54, 1.807) is 13.8 Å². The molecule has 0 spiro atoms. The van der Waals surface area contributed by atoms with Crippen molar-refractivity contribution in [1.82, 2.24) is 16.0 Å². The van der Waals surface area contributed by atoms with Gasteiger partial charge in [-0.05, 0) is 19.3 Å². The average molecular weight is 462 g/mol. The molecule has 0 rings (SSSR count). The molecule has 5 atom stereocenters. The number of aliphatic carboxylic acids is 3. The second kappa shape index (κ2) is 13.2. The van der Waals surface area contributed by atoms with Crippen LogP contribution in [0.5, 0.6) is 0 Å². The lowest BCUT2D eigenvalue weighted by atomic mass is 10.0. The Labute approximate surface area is 183 Å². The van der Waals surface area contributed by atoms with E-state index >= 15 is 0 Å². The van der Waals surface area contributed by atoms with Gasteiger partial charge < -0.3 is 42.1 Å². The third-order valence-corrected chi connectivity index (χ3v) is 4.17. The molecule has 0 aliphatic rings. The third kappa shape index (κ3) is 10.7. The van der Waals surface area contributed by atoms with Gasteiger partial charge in [-0.1, -0.05) is 13.8 Å². The van der Waals surface area contributed by atoms with Crippen LogP contribution < -0.4 is 21.7 Å². The molecule has 3 amide bonds. The highest BCUT2D eigenvalue weighted by atomic mass is 16.4. The topological polar surface area (TPSA) is 245 Å². The van der Waals surface area contributed by atoms with E-state index in [1.807, 2.05) is 5.32 Å². The summed E-state index contributed by atoms with van der Waals surface area (Å²) < 4.78 is 0. The predicted octanol–water partition coefficient (Wildman–Crippen LogP) is -2.77. The lowest BCUT2D eigenvalue weighted by Gasteiger charge is -2.25. The molecule has 14 heteroatoms. The van der Waals surface area contributed by atoms with Crippen molar-refractivity contribution in [2.75, 3.05) is 0 Å². The summed E-state index contributed by atoms with van der Waals surface area (Å²) in [6, 6.07) is -6.20. The van der Waals surface area contributed by atoms with E-state index in [0.717, 1.165) is 0 Å². The number of rotatable bonds is 14. The molecule has 0 aliphatic heterocycles. The van der Waals surface area contributed by atoms with Gasteiger partial charge in [-0.15, -0.1) is 0 Å². The van der Waals surface area contributed by atoms with Crippen LogP contribution in [-0.2, 0) is 28.8 Å². The number of nitrogens with two attached hydrogens (primary N) is 1. The Bertz CT molecular complexity index is 725. The van der Waals surface area contributed by atoms with E-state index in [-0.39, 0.29) is 12.3 Å². The van der Waals surface area contributed by atoms with Crippen LogP contribution in [0.25, 0.3) is 0 Å². The molecule has 182 valence electrons. The quantitative estimate of drug-likeness (QED) is 0.131. The number of nitrogens with one attached hydrogen (secondary N) is 3. The van der Waals surface area contributed by atoms with E-state index in [4.69, 9.17) is 21.1 Å². The number of amides is 3. The molecular weight excluding hydrogens is 432 g/mol. The van der Waals surface area contributed by atoms with Crippen molar-refractivity contribution in [3.8, 4) is 0 Å². The Morgan fingerprint density at radius 3 is 1.53 bits per heavy atom. The Morgan fingerprint density at radius 2 is 1.12 bits per heavy atom. The molecule has 0 saturated heterocycles. The molecule has 0 heterocycles. The molecule has 5 unspecified atom stereocenters. The zero-order valence-electron chi connectivity index (χ0n) is 17.9. The van der Waals surface area contributed by atoms with Crippen LogP contribution in [0.1, 0.15) is 40.0 Å². The highest BCUT2D eigenvalue weighted by molar-refractivity contribution is 5.96. The number of aliphatic hydroxyl groups is 1. The van der Waals surface area contributed by atoms with Gasteiger partial charge in [0.05, 0.1) is 18.9 Å². The molecule has 0 aromatic carbocycles. The zero-order chi connectivity index (χ0) is 25.2. The number of carboxylic acid groups (broad SMARTS) is 3. The molecule has 0 saturated carbocycles. The van der Waals surface area contributed by atoms with Crippen molar-refractivity contribution in [3.63, 3.8) is 0 Å². The first-order valence-electron chi connectivity index (χ1n) is 9.66. The van der Waals surface area contributed by atoms with Gasteiger partial charge in [0.25, 0.3) is 0 Å². The highest BCUT2D eigenvalue weighted by Gasteiger charge is 2.32. The number of hydrogen-bond donors (Lipinski definition) is 8. The minimum absolute atomic E-state index is 0.00207. The summed E-state index contributed by atoms with van der Waals surface area (Å²) >= 11 is 0. The Balaban J connectivity index is 5.56. The van der Waals surface area contributed by atoms with Gasteiger partial charge in [0.1, 0.15) is 24.2 Å². The molecule has 32 heavy (non-hydrogen) atoms. The summed E-state index contributed by atoms with van der Waals surface area (Å²) in [5.74, 6) is -7.78. The SMILES string of the molecule is CC(C)CC(NC(=O)C(CC(=O)O)NC(=O)C(N)C(C)O)C(=O)NC(CC(=O)O)C(=O)O. The average Bonchev–Trinajstić information content (AvgIpc) is 2.64. The van der Waals surface area contributed by atoms with Gasteiger partial charge in [-0.2, -0.15) is 0 Å². The molecule has 14 nitrogen and oxygen atoms in total. The van der Waals surface area contributed by atoms with E-state index in [9.17, 15) is 33.9 Å². The molecule has 0 aromatic rings. The van der Waals surface area contributed by atoms with Crippen LogP contribution in [0, 0.1) is 5.92 Å². The minimum Gasteiger partial charge on any atom is -0.481 e. The van der Waals surface area contributed by atoms with Crippen molar-refractivity contribution in [3.05, 3.63) is 0 Å². The zero-order valence-corrected chi connectivity index (χ0v) is 17.9. The molecule has 0 aliphatic carbocycles. The molecular formula is C18H30N4O10.